The first-order valence-electron chi connectivity index (χ1n) is 17.4. The second-order valence-corrected chi connectivity index (χ2v) is 12.9. The maximum absolute atomic E-state index is 14.2. The van der Waals surface area contributed by atoms with Gasteiger partial charge in [-0.05, 0) is 65.3 Å². The smallest absolute Gasteiger partial charge is 0.345 e. The first-order valence-corrected chi connectivity index (χ1v) is 17.4. The molecule has 4 atom stereocenters. The summed E-state index contributed by atoms with van der Waals surface area (Å²) in [6.07, 6.45) is 3.56. The van der Waals surface area contributed by atoms with Crippen LogP contribution >= 0.6 is 0 Å². The minimum atomic E-state index is -2.25. The van der Waals surface area contributed by atoms with Gasteiger partial charge in [-0.1, -0.05) is 110 Å². The normalized spacial score (nSPS) is 17.3. The standard InChI is InChI=1S/C42H41FN4O6/c1-27(48)45-37(25-34(26-44-42(53)46-35-13-6-3-7-14-35)31-20-22-32(23-21-31)38(43)41(51)52)40(50)47-36-15-9-8-12-33(39(36)49)24-28-16-18-30(19-17-28)29-10-4-2-5-11-29/h2-7,10-11,13-14,16-23,25-26,33-34,36,38H,8-9,12,15,24H2,1H3,(H,45,48)(H,46,53)(H,47,50)(H,51,52)/b37-25+,44-26+. The van der Waals surface area contributed by atoms with Gasteiger partial charge in [0, 0.05) is 30.7 Å². The molecule has 1 aliphatic rings. The topological polar surface area (TPSA) is 154 Å². The molecule has 4 aromatic rings. The highest BCUT2D eigenvalue weighted by Crippen LogP contribution is 2.27. The fourth-order valence-electron chi connectivity index (χ4n) is 6.26. The van der Waals surface area contributed by atoms with Crippen molar-refractivity contribution in [3.8, 4) is 11.1 Å². The van der Waals surface area contributed by atoms with Crippen LogP contribution in [-0.4, -0.2) is 47.0 Å². The molecular weight excluding hydrogens is 675 g/mol. The van der Waals surface area contributed by atoms with Crippen LogP contribution in [0.5, 0.6) is 0 Å². The Bertz CT molecular complexity index is 1960. The lowest BCUT2D eigenvalue weighted by atomic mass is 9.89. The molecule has 0 radical (unpaired) electrons. The average Bonchev–Trinajstić information content (AvgIpc) is 3.33. The van der Waals surface area contributed by atoms with Gasteiger partial charge in [-0.25, -0.2) is 19.0 Å². The number of Topliss-reactive ketones (excluding diaryl/α,β-unsaturated/α-hetero) is 1. The van der Waals surface area contributed by atoms with Crippen molar-refractivity contribution in [2.24, 2.45) is 10.9 Å². The Labute approximate surface area is 307 Å². The van der Waals surface area contributed by atoms with Crippen LogP contribution in [-0.2, 0) is 25.6 Å². The number of halogens is 1. The third-order valence-electron chi connectivity index (χ3n) is 9.00. The number of amides is 4. The van der Waals surface area contributed by atoms with Gasteiger partial charge in [-0.3, -0.25) is 14.4 Å². The molecule has 4 N–H and O–H groups in total. The number of hydrogen-bond acceptors (Lipinski definition) is 5. The van der Waals surface area contributed by atoms with Crippen LogP contribution < -0.4 is 16.0 Å². The zero-order valence-corrected chi connectivity index (χ0v) is 29.2. The number of carbonyl (C=O) groups is 5. The summed E-state index contributed by atoms with van der Waals surface area (Å²) in [5.74, 6) is -4.22. The summed E-state index contributed by atoms with van der Waals surface area (Å²) in [5, 5.41) is 17.1. The number of alkyl halides is 1. The van der Waals surface area contributed by atoms with Crippen LogP contribution in [0.2, 0.25) is 0 Å². The molecule has 0 aliphatic heterocycles. The molecule has 11 heteroatoms. The predicted molar refractivity (Wildman–Crippen MR) is 201 cm³/mol. The van der Waals surface area contributed by atoms with E-state index in [1.807, 2.05) is 54.6 Å². The van der Waals surface area contributed by atoms with Crippen LogP contribution in [0.4, 0.5) is 14.9 Å². The molecule has 4 aromatic carbocycles. The minimum Gasteiger partial charge on any atom is -0.479 e. The lowest BCUT2D eigenvalue weighted by Crippen LogP contribution is -2.46. The molecule has 272 valence electrons. The number of nitrogens with one attached hydrogen (secondary N) is 3. The predicted octanol–water partition coefficient (Wildman–Crippen LogP) is 7.34. The average molecular weight is 717 g/mol. The number of aliphatic imine (C=N–C) groups is 1. The summed E-state index contributed by atoms with van der Waals surface area (Å²) >= 11 is 0. The van der Waals surface area contributed by atoms with Gasteiger partial charge in [0.1, 0.15) is 5.70 Å². The number of nitrogens with zero attached hydrogens (tertiary/aromatic N) is 1. The summed E-state index contributed by atoms with van der Waals surface area (Å²) in [4.78, 5) is 67.9. The second kappa shape index (κ2) is 18.3. The fraction of sp³-hybridized carbons (Fsp3) is 0.238. The van der Waals surface area contributed by atoms with Crippen LogP contribution in [0.15, 0.2) is 126 Å². The number of para-hydroxylation sites is 1. The SMILES string of the molecule is CC(=O)N/C(=C/C(/C=N/C(=O)Nc1ccccc1)c1ccc(C(F)C(=O)O)cc1)C(=O)NC1CCCCC(Cc2ccc(-c3ccccc3)cc2)C1=O. The number of benzene rings is 4. The van der Waals surface area contributed by atoms with Crippen LogP contribution in [0.3, 0.4) is 0 Å². The van der Waals surface area contributed by atoms with Crippen molar-refractivity contribution in [3.63, 3.8) is 0 Å². The molecule has 1 fully saturated rings. The van der Waals surface area contributed by atoms with Crippen molar-refractivity contribution in [2.75, 3.05) is 5.32 Å². The largest absolute Gasteiger partial charge is 0.479 e. The van der Waals surface area contributed by atoms with Crippen LogP contribution in [0.1, 0.15) is 61.4 Å². The zero-order valence-electron chi connectivity index (χ0n) is 29.2. The molecule has 4 unspecified atom stereocenters. The zero-order chi connectivity index (χ0) is 37.7. The van der Waals surface area contributed by atoms with E-state index >= 15 is 0 Å². The Kier molecular flexibility index (Phi) is 13.1. The Morgan fingerprint density at radius 1 is 0.830 bits per heavy atom. The summed E-state index contributed by atoms with van der Waals surface area (Å²) in [7, 11) is 0. The molecular formula is C42H41FN4O6. The maximum Gasteiger partial charge on any atom is 0.345 e. The molecule has 53 heavy (non-hydrogen) atoms. The van der Waals surface area contributed by atoms with Crippen molar-refractivity contribution in [2.45, 2.75) is 57.2 Å². The number of allylic oxidation sites excluding steroid dienone is 1. The van der Waals surface area contributed by atoms with Gasteiger partial charge in [-0.15, -0.1) is 0 Å². The van der Waals surface area contributed by atoms with E-state index in [4.69, 9.17) is 5.11 Å². The maximum atomic E-state index is 14.2. The van der Waals surface area contributed by atoms with E-state index in [9.17, 15) is 28.4 Å². The van der Waals surface area contributed by atoms with Crippen LogP contribution in [0.25, 0.3) is 11.1 Å². The summed E-state index contributed by atoms with van der Waals surface area (Å²) in [6, 6.07) is 30.7. The van der Waals surface area contributed by atoms with Crippen molar-refractivity contribution < 1.29 is 33.5 Å². The van der Waals surface area contributed by atoms with E-state index in [-0.39, 0.29) is 23.0 Å². The number of carboxylic acid groups (broad SMARTS) is 1. The van der Waals surface area contributed by atoms with Crippen molar-refractivity contribution in [3.05, 3.63) is 138 Å². The quantitative estimate of drug-likeness (QED) is 0.0684. The lowest BCUT2D eigenvalue weighted by Gasteiger charge is -2.22. The van der Waals surface area contributed by atoms with Crippen molar-refractivity contribution >= 4 is 41.5 Å². The van der Waals surface area contributed by atoms with Crippen molar-refractivity contribution in [1.82, 2.24) is 10.6 Å². The highest BCUT2D eigenvalue weighted by Gasteiger charge is 2.31. The summed E-state index contributed by atoms with van der Waals surface area (Å²) in [5.41, 5.74) is 3.83. The Morgan fingerprint density at radius 2 is 1.43 bits per heavy atom. The molecule has 0 aromatic heterocycles. The first-order chi connectivity index (χ1) is 25.6. The molecule has 0 bridgehead atoms. The Hall–Kier alpha value is -6.23. The van der Waals surface area contributed by atoms with Gasteiger partial charge < -0.3 is 21.1 Å². The van der Waals surface area contributed by atoms with E-state index in [1.165, 1.54) is 43.5 Å². The number of anilines is 1. The van der Waals surface area contributed by atoms with E-state index in [1.54, 1.807) is 30.3 Å². The summed E-state index contributed by atoms with van der Waals surface area (Å²) < 4.78 is 14.2. The number of urea groups is 1. The minimum absolute atomic E-state index is 0.0874. The van der Waals surface area contributed by atoms with Crippen molar-refractivity contribution in [1.29, 1.82) is 0 Å². The number of hydrogen-bond donors (Lipinski definition) is 4. The Morgan fingerprint density at radius 3 is 2.08 bits per heavy atom. The van der Waals surface area contributed by atoms with E-state index < -0.39 is 41.9 Å². The molecule has 0 spiro atoms. The van der Waals surface area contributed by atoms with Crippen LogP contribution in [0, 0.1) is 5.92 Å². The van der Waals surface area contributed by atoms with E-state index in [2.05, 4.69) is 20.9 Å². The highest BCUT2D eigenvalue weighted by atomic mass is 19.1. The fourth-order valence-corrected chi connectivity index (χ4v) is 6.26. The Balaban J connectivity index is 1.36. The van der Waals surface area contributed by atoms with Gasteiger partial charge in [0.15, 0.2) is 5.78 Å². The number of ketones is 1. The van der Waals surface area contributed by atoms with Gasteiger partial charge in [0.2, 0.25) is 12.1 Å². The number of carboxylic acids is 1. The molecule has 1 aliphatic carbocycles. The summed E-state index contributed by atoms with van der Waals surface area (Å²) in [6.45, 7) is 1.23. The van der Waals surface area contributed by atoms with Gasteiger partial charge in [0.05, 0.1) is 6.04 Å². The molecule has 1 saturated carbocycles. The van der Waals surface area contributed by atoms with E-state index in [0.29, 0.717) is 30.5 Å². The van der Waals surface area contributed by atoms with E-state index in [0.717, 1.165) is 29.5 Å². The third-order valence-corrected chi connectivity index (χ3v) is 9.00. The first kappa shape index (κ1) is 38.0. The number of rotatable bonds is 12. The molecule has 4 amide bonds. The number of carbonyl (C=O) groups excluding carboxylic acids is 4. The molecule has 0 saturated heterocycles. The highest BCUT2D eigenvalue weighted by molar-refractivity contribution is 6.01. The van der Waals surface area contributed by atoms with Gasteiger partial charge >= 0.3 is 12.0 Å². The second-order valence-electron chi connectivity index (χ2n) is 12.9. The van der Waals surface area contributed by atoms with Gasteiger partial charge in [-0.2, -0.15) is 0 Å². The molecule has 10 nitrogen and oxygen atoms in total. The number of aliphatic carboxylic acids is 1. The molecule has 0 heterocycles. The third kappa shape index (κ3) is 10.9. The van der Waals surface area contributed by atoms with Gasteiger partial charge in [0.25, 0.3) is 5.91 Å². The monoisotopic (exact) mass is 716 g/mol. The molecule has 5 rings (SSSR count). The lowest BCUT2D eigenvalue weighted by molar-refractivity contribution is -0.143.